The van der Waals surface area contributed by atoms with E-state index in [-0.39, 0.29) is 5.41 Å². The summed E-state index contributed by atoms with van der Waals surface area (Å²) in [5, 5.41) is 12.2. The molecule has 2 saturated heterocycles. The summed E-state index contributed by atoms with van der Waals surface area (Å²) in [5.41, 5.74) is 5.89. The number of nitrogens with two attached hydrogens (primary N) is 1. The first-order valence-corrected chi connectivity index (χ1v) is 7.47. The maximum absolute atomic E-state index is 11.5. The average Bonchev–Trinajstić information content (AvgIpc) is 2.92. The summed E-state index contributed by atoms with van der Waals surface area (Å²) in [5.74, 6) is -0.623. The minimum atomic E-state index is -0.778. The van der Waals surface area contributed by atoms with Crippen LogP contribution in [-0.4, -0.2) is 47.6 Å². The second kappa shape index (κ2) is 5.57. The molecule has 2 aliphatic rings. The number of hydrogen-bond acceptors (Lipinski definition) is 5. The van der Waals surface area contributed by atoms with Crippen LogP contribution in [0.5, 0.6) is 0 Å². The molecule has 1 aromatic rings. The fraction of sp³-hybridized carbons (Fsp3) is 0.533. The van der Waals surface area contributed by atoms with Crippen LogP contribution >= 0.6 is 0 Å². The van der Waals surface area contributed by atoms with Crippen LogP contribution in [0.2, 0.25) is 0 Å². The predicted molar refractivity (Wildman–Crippen MR) is 80.7 cm³/mol. The molecule has 7 heteroatoms. The SMILES string of the molecule is NC(=O)c1cccnc1N1CCC2(CC1)CN[C@@H](C(=O)O)C2. The summed E-state index contributed by atoms with van der Waals surface area (Å²) in [6.45, 7) is 2.25. The number of carboxylic acids is 1. The van der Waals surface area contributed by atoms with Gasteiger partial charge in [-0.05, 0) is 36.8 Å². The monoisotopic (exact) mass is 304 g/mol. The molecule has 0 aromatic carbocycles. The summed E-state index contributed by atoms with van der Waals surface area (Å²) >= 11 is 0. The van der Waals surface area contributed by atoms with Crippen LogP contribution in [0.4, 0.5) is 5.82 Å². The first-order valence-electron chi connectivity index (χ1n) is 7.47. The van der Waals surface area contributed by atoms with E-state index in [9.17, 15) is 9.59 Å². The molecule has 4 N–H and O–H groups in total. The molecule has 0 unspecified atom stereocenters. The molecule has 118 valence electrons. The number of piperidine rings is 1. The number of rotatable bonds is 3. The molecule has 2 aliphatic heterocycles. The van der Waals surface area contributed by atoms with Crippen molar-refractivity contribution in [3.63, 3.8) is 0 Å². The number of nitrogens with one attached hydrogen (secondary N) is 1. The third-order valence-corrected chi connectivity index (χ3v) is 4.83. The lowest BCUT2D eigenvalue weighted by Crippen LogP contribution is -2.42. The van der Waals surface area contributed by atoms with Gasteiger partial charge in [0, 0.05) is 25.8 Å². The lowest BCUT2D eigenvalue weighted by atomic mass is 9.76. The lowest BCUT2D eigenvalue weighted by molar-refractivity contribution is -0.139. The van der Waals surface area contributed by atoms with Crippen LogP contribution in [0.1, 0.15) is 29.6 Å². The molecule has 0 bridgehead atoms. The van der Waals surface area contributed by atoms with Crippen LogP contribution < -0.4 is 16.0 Å². The number of pyridine rings is 1. The Labute approximate surface area is 128 Å². The van der Waals surface area contributed by atoms with Crippen molar-refractivity contribution in [1.82, 2.24) is 10.3 Å². The number of nitrogens with zero attached hydrogens (tertiary/aromatic N) is 2. The first kappa shape index (κ1) is 14.8. The number of aliphatic carboxylic acids is 1. The van der Waals surface area contributed by atoms with Crippen molar-refractivity contribution >= 4 is 17.7 Å². The number of primary amides is 1. The van der Waals surface area contributed by atoms with Crippen LogP contribution in [0, 0.1) is 5.41 Å². The van der Waals surface area contributed by atoms with Crippen molar-refractivity contribution in [2.45, 2.75) is 25.3 Å². The molecule has 7 nitrogen and oxygen atoms in total. The van der Waals surface area contributed by atoms with Crippen molar-refractivity contribution < 1.29 is 14.7 Å². The van der Waals surface area contributed by atoms with Crippen LogP contribution in [-0.2, 0) is 4.79 Å². The van der Waals surface area contributed by atoms with E-state index in [0.717, 1.165) is 32.5 Å². The van der Waals surface area contributed by atoms with E-state index in [1.165, 1.54) is 0 Å². The quantitative estimate of drug-likeness (QED) is 0.737. The topological polar surface area (TPSA) is 109 Å². The van der Waals surface area contributed by atoms with Gasteiger partial charge in [-0.3, -0.25) is 9.59 Å². The number of carboxylic acid groups (broad SMARTS) is 1. The molecule has 1 spiro atoms. The fourth-order valence-electron chi connectivity index (χ4n) is 3.51. The zero-order chi connectivity index (χ0) is 15.7. The Balaban J connectivity index is 1.70. The number of carbonyl (C=O) groups is 2. The Bertz CT molecular complexity index is 596. The highest BCUT2D eigenvalue weighted by molar-refractivity contribution is 5.97. The molecule has 3 rings (SSSR count). The van der Waals surface area contributed by atoms with E-state index in [0.29, 0.717) is 17.8 Å². The maximum atomic E-state index is 11.5. The van der Waals surface area contributed by atoms with Gasteiger partial charge in [0.2, 0.25) is 0 Å². The van der Waals surface area contributed by atoms with Crippen molar-refractivity contribution in [3.05, 3.63) is 23.9 Å². The summed E-state index contributed by atoms with van der Waals surface area (Å²) in [4.78, 5) is 29.0. The van der Waals surface area contributed by atoms with Gasteiger partial charge in [0.15, 0.2) is 0 Å². The molecule has 3 heterocycles. The number of amides is 1. The molecular weight excluding hydrogens is 284 g/mol. The lowest BCUT2D eigenvalue weighted by Gasteiger charge is -2.39. The number of hydrogen-bond donors (Lipinski definition) is 3. The highest BCUT2D eigenvalue weighted by atomic mass is 16.4. The second-order valence-electron chi connectivity index (χ2n) is 6.20. The summed E-state index contributed by atoms with van der Waals surface area (Å²) < 4.78 is 0. The van der Waals surface area contributed by atoms with E-state index in [1.807, 2.05) is 0 Å². The molecule has 1 aromatic heterocycles. The molecule has 22 heavy (non-hydrogen) atoms. The Morgan fingerprint density at radius 3 is 2.73 bits per heavy atom. The van der Waals surface area contributed by atoms with E-state index >= 15 is 0 Å². The first-order chi connectivity index (χ1) is 10.5. The van der Waals surface area contributed by atoms with Crippen LogP contribution in [0.3, 0.4) is 0 Å². The highest BCUT2D eigenvalue weighted by Crippen LogP contribution is 2.40. The average molecular weight is 304 g/mol. The van der Waals surface area contributed by atoms with Gasteiger partial charge in [-0.2, -0.15) is 0 Å². The normalized spacial score (nSPS) is 23.6. The largest absolute Gasteiger partial charge is 0.480 e. The number of carbonyl (C=O) groups excluding carboxylic acids is 1. The highest BCUT2D eigenvalue weighted by Gasteiger charge is 2.43. The van der Waals surface area contributed by atoms with Gasteiger partial charge in [0.25, 0.3) is 5.91 Å². The standard InChI is InChI=1S/C15H20N4O3/c16-12(20)10-2-1-5-17-13(10)19-6-3-15(4-7-19)8-11(14(21)22)18-9-15/h1-2,5,11,18H,3-4,6-9H2,(H2,16,20)(H,21,22)/t11-/m1/s1. The predicted octanol–water partition coefficient (Wildman–Crippen LogP) is 0.214. The van der Waals surface area contributed by atoms with Gasteiger partial charge >= 0.3 is 5.97 Å². The fourth-order valence-corrected chi connectivity index (χ4v) is 3.51. The van der Waals surface area contributed by atoms with Gasteiger partial charge in [0.05, 0.1) is 5.56 Å². The Hall–Kier alpha value is -2.15. The molecule has 0 radical (unpaired) electrons. The third-order valence-electron chi connectivity index (χ3n) is 4.83. The van der Waals surface area contributed by atoms with Crippen molar-refractivity contribution in [2.75, 3.05) is 24.5 Å². The molecule has 2 fully saturated rings. The van der Waals surface area contributed by atoms with E-state index < -0.39 is 17.9 Å². The zero-order valence-corrected chi connectivity index (χ0v) is 12.3. The molecule has 0 aliphatic carbocycles. The van der Waals surface area contributed by atoms with E-state index in [2.05, 4.69) is 15.2 Å². The molecule has 1 amide bonds. The third kappa shape index (κ3) is 2.64. The van der Waals surface area contributed by atoms with E-state index in [1.54, 1.807) is 18.3 Å². The van der Waals surface area contributed by atoms with Gasteiger partial charge in [0.1, 0.15) is 11.9 Å². The van der Waals surface area contributed by atoms with Crippen molar-refractivity contribution in [3.8, 4) is 0 Å². The van der Waals surface area contributed by atoms with Gasteiger partial charge in [-0.1, -0.05) is 0 Å². The van der Waals surface area contributed by atoms with Gasteiger partial charge in [-0.25, -0.2) is 4.98 Å². The van der Waals surface area contributed by atoms with E-state index in [4.69, 9.17) is 10.8 Å². The van der Waals surface area contributed by atoms with Crippen molar-refractivity contribution in [1.29, 1.82) is 0 Å². The number of aromatic nitrogens is 1. The summed E-state index contributed by atoms with van der Waals surface area (Å²) in [6.07, 6.45) is 4.10. The molecular formula is C15H20N4O3. The van der Waals surface area contributed by atoms with Crippen molar-refractivity contribution in [2.24, 2.45) is 11.1 Å². The summed E-state index contributed by atoms with van der Waals surface area (Å²) in [6, 6.07) is 2.95. The molecule has 1 atom stereocenters. The zero-order valence-electron chi connectivity index (χ0n) is 12.3. The van der Waals surface area contributed by atoms with Gasteiger partial charge < -0.3 is 21.1 Å². The second-order valence-corrected chi connectivity index (χ2v) is 6.20. The number of anilines is 1. The minimum absolute atomic E-state index is 0.0429. The van der Waals surface area contributed by atoms with Gasteiger partial charge in [-0.15, -0.1) is 0 Å². The smallest absolute Gasteiger partial charge is 0.320 e. The van der Waals surface area contributed by atoms with Crippen LogP contribution in [0.25, 0.3) is 0 Å². The summed E-state index contributed by atoms with van der Waals surface area (Å²) in [7, 11) is 0. The Morgan fingerprint density at radius 2 is 2.14 bits per heavy atom. The Kier molecular flexibility index (Phi) is 3.74. The van der Waals surface area contributed by atoms with Crippen LogP contribution in [0.15, 0.2) is 18.3 Å². The maximum Gasteiger partial charge on any atom is 0.320 e. The Morgan fingerprint density at radius 1 is 1.41 bits per heavy atom. The molecule has 0 saturated carbocycles. The minimum Gasteiger partial charge on any atom is -0.480 e.